The van der Waals surface area contributed by atoms with E-state index < -0.39 is 0 Å². The van der Waals surface area contributed by atoms with Gasteiger partial charge in [0.1, 0.15) is 0 Å². The van der Waals surface area contributed by atoms with Gasteiger partial charge < -0.3 is 5.32 Å². The first-order chi connectivity index (χ1) is 10.8. The second-order valence-corrected chi connectivity index (χ2v) is 7.67. The van der Waals surface area contributed by atoms with Crippen molar-refractivity contribution in [3.8, 4) is 0 Å². The zero-order valence-corrected chi connectivity index (χ0v) is 14.0. The van der Waals surface area contributed by atoms with Crippen LogP contribution < -0.4 is 5.32 Å². The Bertz CT molecular complexity index is 609. The Hall–Kier alpha value is -1.40. The summed E-state index contributed by atoms with van der Waals surface area (Å²) in [6, 6.07) is 10.3. The lowest BCUT2D eigenvalue weighted by molar-refractivity contribution is -0.120. The van der Waals surface area contributed by atoms with Gasteiger partial charge in [-0.3, -0.25) is 4.79 Å². The van der Waals surface area contributed by atoms with E-state index in [0.29, 0.717) is 5.13 Å². The molecule has 22 heavy (non-hydrogen) atoms. The monoisotopic (exact) mass is 333 g/mol. The number of aromatic nitrogens is 2. The maximum absolute atomic E-state index is 12.2. The van der Waals surface area contributed by atoms with Crippen LogP contribution in [0.25, 0.3) is 0 Å². The molecule has 1 amide bonds. The van der Waals surface area contributed by atoms with Crippen molar-refractivity contribution in [1.29, 1.82) is 0 Å². The van der Waals surface area contributed by atoms with Gasteiger partial charge in [-0.05, 0) is 18.4 Å². The van der Waals surface area contributed by atoms with Crippen LogP contribution in [0.5, 0.6) is 0 Å². The summed E-state index contributed by atoms with van der Waals surface area (Å²) in [7, 11) is 0. The second-order valence-electron chi connectivity index (χ2n) is 5.47. The summed E-state index contributed by atoms with van der Waals surface area (Å²) in [5.41, 5.74) is 1.26. The largest absolute Gasteiger partial charge is 0.300 e. The van der Waals surface area contributed by atoms with Gasteiger partial charge in [0.15, 0.2) is 4.34 Å². The van der Waals surface area contributed by atoms with E-state index in [1.54, 1.807) is 11.8 Å². The van der Waals surface area contributed by atoms with Gasteiger partial charge in [0, 0.05) is 11.7 Å². The van der Waals surface area contributed by atoms with E-state index >= 15 is 0 Å². The summed E-state index contributed by atoms with van der Waals surface area (Å²) in [6.07, 6.45) is 5.57. The highest BCUT2D eigenvalue weighted by Crippen LogP contribution is 2.30. The first kappa shape index (κ1) is 15.5. The summed E-state index contributed by atoms with van der Waals surface area (Å²) in [5, 5.41) is 11.8. The fourth-order valence-corrected chi connectivity index (χ4v) is 4.32. The molecule has 2 aromatic rings. The van der Waals surface area contributed by atoms with Crippen molar-refractivity contribution in [1.82, 2.24) is 10.2 Å². The van der Waals surface area contributed by atoms with E-state index in [1.165, 1.54) is 23.3 Å². The zero-order chi connectivity index (χ0) is 15.2. The molecule has 116 valence electrons. The van der Waals surface area contributed by atoms with Crippen LogP contribution >= 0.6 is 23.1 Å². The molecule has 0 radical (unpaired) electrons. The van der Waals surface area contributed by atoms with Gasteiger partial charge in [0.25, 0.3) is 0 Å². The van der Waals surface area contributed by atoms with Gasteiger partial charge in [-0.1, -0.05) is 72.7 Å². The maximum atomic E-state index is 12.2. The van der Waals surface area contributed by atoms with Crippen molar-refractivity contribution >= 4 is 34.1 Å². The van der Waals surface area contributed by atoms with Crippen LogP contribution in [-0.2, 0) is 10.5 Å². The molecule has 1 heterocycles. The molecule has 3 rings (SSSR count). The zero-order valence-electron chi connectivity index (χ0n) is 12.3. The smallest absolute Gasteiger partial charge is 0.229 e. The highest BCUT2D eigenvalue weighted by atomic mass is 32.2. The minimum absolute atomic E-state index is 0.107. The molecule has 1 fully saturated rings. The Morgan fingerprint density at radius 2 is 1.95 bits per heavy atom. The van der Waals surface area contributed by atoms with Crippen molar-refractivity contribution < 1.29 is 4.79 Å². The van der Waals surface area contributed by atoms with Gasteiger partial charge in [-0.25, -0.2) is 0 Å². The van der Waals surface area contributed by atoms with Crippen LogP contribution in [0.1, 0.15) is 37.7 Å². The fraction of sp³-hybridized carbons (Fsp3) is 0.438. The molecular weight excluding hydrogens is 314 g/mol. The number of thioether (sulfide) groups is 1. The van der Waals surface area contributed by atoms with E-state index in [1.807, 2.05) is 18.2 Å². The van der Waals surface area contributed by atoms with Crippen molar-refractivity contribution in [2.45, 2.75) is 42.2 Å². The molecule has 0 unspecified atom stereocenters. The number of carbonyl (C=O) groups is 1. The van der Waals surface area contributed by atoms with E-state index in [2.05, 4.69) is 27.6 Å². The van der Waals surface area contributed by atoms with Crippen LogP contribution in [0.4, 0.5) is 5.13 Å². The topological polar surface area (TPSA) is 54.9 Å². The second kappa shape index (κ2) is 7.74. The van der Waals surface area contributed by atoms with Crippen molar-refractivity contribution in [2.24, 2.45) is 5.92 Å². The van der Waals surface area contributed by atoms with E-state index in [4.69, 9.17) is 0 Å². The molecule has 1 aromatic carbocycles. The number of carbonyl (C=O) groups excluding carboxylic acids is 1. The van der Waals surface area contributed by atoms with Crippen LogP contribution in [0.15, 0.2) is 34.7 Å². The normalized spacial score (nSPS) is 15.6. The SMILES string of the molecule is O=C(Nc1nnc(SCc2ccccc2)s1)C1CCCCC1. The third-order valence-corrected chi connectivity index (χ3v) is 5.86. The van der Waals surface area contributed by atoms with Gasteiger partial charge >= 0.3 is 0 Å². The van der Waals surface area contributed by atoms with Crippen LogP contribution in [0.2, 0.25) is 0 Å². The van der Waals surface area contributed by atoms with E-state index in [9.17, 15) is 4.79 Å². The Kier molecular flexibility index (Phi) is 5.45. The molecule has 0 bridgehead atoms. The molecule has 6 heteroatoms. The number of anilines is 1. The summed E-state index contributed by atoms with van der Waals surface area (Å²) >= 11 is 3.10. The third kappa shape index (κ3) is 4.30. The number of benzene rings is 1. The number of hydrogen-bond acceptors (Lipinski definition) is 5. The average molecular weight is 333 g/mol. The molecule has 4 nitrogen and oxygen atoms in total. The van der Waals surface area contributed by atoms with Crippen LogP contribution in [-0.4, -0.2) is 16.1 Å². The summed E-state index contributed by atoms with van der Waals surface area (Å²) in [4.78, 5) is 12.2. The minimum atomic E-state index is 0.107. The van der Waals surface area contributed by atoms with Crippen molar-refractivity contribution in [3.63, 3.8) is 0 Å². The minimum Gasteiger partial charge on any atom is -0.300 e. The molecule has 0 atom stereocenters. The molecule has 1 aliphatic carbocycles. The predicted molar refractivity (Wildman–Crippen MR) is 91.1 cm³/mol. The molecule has 0 saturated heterocycles. The lowest BCUT2D eigenvalue weighted by atomic mass is 9.89. The Labute approximate surface area is 138 Å². The van der Waals surface area contributed by atoms with Gasteiger partial charge in [0.2, 0.25) is 11.0 Å². The van der Waals surface area contributed by atoms with E-state index in [0.717, 1.165) is 35.8 Å². The first-order valence-corrected chi connectivity index (χ1v) is 9.42. The number of nitrogens with zero attached hydrogens (tertiary/aromatic N) is 2. The van der Waals surface area contributed by atoms with Gasteiger partial charge in [-0.2, -0.15) is 0 Å². The lowest BCUT2D eigenvalue weighted by Gasteiger charge is -2.19. The summed E-state index contributed by atoms with van der Waals surface area (Å²) < 4.78 is 0.891. The average Bonchev–Trinajstić information content (AvgIpc) is 3.02. The maximum Gasteiger partial charge on any atom is 0.229 e. The Balaban J connectivity index is 1.51. The number of amides is 1. The summed E-state index contributed by atoms with van der Waals surface area (Å²) in [6.45, 7) is 0. The molecular formula is C16H19N3OS2. The molecule has 1 aliphatic rings. The van der Waals surface area contributed by atoms with E-state index in [-0.39, 0.29) is 11.8 Å². The molecule has 1 saturated carbocycles. The Morgan fingerprint density at radius 3 is 2.73 bits per heavy atom. The quantitative estimate of drug-likeness (QED) is 0.653. The first-order valence-electron chi connectivity index (χ1n) is 7.62. The molecule has 0 spiro atoms. The highest BCUT2D eigenvalue weighted by Gasteiger charge is 2.22. The van der Waals surface area contributed by atoms with Gasteiger partial charge in [0.05, 0.1) is 0 Å². The molecule has 0 aliphatic heterocycles. The number of rotatable bonds is 5. The fourth-order valence-electron chi connectivity index (χ4n) is 2.61. The number of nitrogens with one attached hydrogen (secondary N) is 1. The Morgan fingerprint density at radius 1 is 1.18 bits per heavy atom. The standard InChI is InChI=1S/C16H19N3OS2/c20-14(13-9-5-2-6-10-13)17-15-18-19-16(22-15)21-11-12-7-3-1-4-8-12/h1,3-4,7-8,13H,2,5-6,9-11H2,(H,17,18,20). The van der Waals surface area contributed by atoms with Crippen molar-refractivity contribution in [3.05, 3.63) is 35.9 Å². The summed E-state index contributed by atoms with van der Waals surface area (Å²) in [5.74, 6) is 1.13. The molecule has 1 aromatic heterocycles. The third-order valence-electron chi connectivity index (χ3n) is 3.82. The predicted octanol–water partition coefficient (Wildman–Crippen LogP) is 4.35. The van der Waals surface area contributed by atoms with Crippen molar-refractivity contribution in [2.75, 3.05) is 5.32 Å². The van der Waals surface area contributed by atoms with Crippen LogP contribution in [0.3, 0.4) is 0 Å². The number of hydrogen-bond donors (Lipinski definition) is 1. The highest BCUT2D eigenvalue weighted by molar-refractivity contribution is 8.00. The lowest BCUT2D eigenvalue weighted by Crippen LogP contribution is -2.24. The van der Waals surface area contributed by atoms with Gasteiger partial charge in [-0.15, -0.1) is 10.2 Å². The van der Waals surface area contributed by atoms with Crippen LogP contribution in [0, 0.1) is 5.92 Å². The molecule has 1 N–H and O–H groups in total.